The highest BCUT2D eigenvalue weighted by Gasteiger charge is 2.25. The molecule has 3 N–H and O–H groups in total. The second kappa shape index (κ2) is 9.90. The number of aliphatic hydroxyl groups is 2. The van der Waals surface area contributed by atoms with Crippen molar-refractivity contribution in [3.05, 3.63) is 52.5 Å². The molecule has 0 aliphatic heterocycles. The lowest BCUT2D eigenvalue weighted by atomic mass is 9.94. The zero-order chi connectivity index (χ0) is 22.5. The van der Waals surface area contributed by atoms with Crippen LogP contribution in [0, 0.1) is 10.8 Å². The summed E-state index contributed by atoms with van der Waals surface area (Å²) in [5.74, 6) is 1.13. The maximum absolute atomic E-state index is 11.3. The van der Waals surface area contributed by atoms with Gasteiger partial charge in [0.05, 0.1) is 26.0 Å². The van der Waals surface area contributed by atoms with Gasteiger partial charge in [0, 0.05) is 34.2 Å². The fourth-order valence-corrected chi connectivity index (χ4v) is 3.07. The lowest BCUT2D eigenvalue weighted by Gasteiger charge is -2.27. The SMILES string of the molecule is COc1ccccc1C(O)c1cc(Cl)cc(OCC(C)(C)CO)c1NCC(C)(C)C. The van der Waals surface area contributed by atoms with E-state index in [0.29, 0.717) is 46.5 Å². The monoisotopic (exact) mass is 435 g/mol. The van der Waals surface area contributed by atoms with Crippen LogP contribution in [0.25, 0.3) is 0 Å². The Morgan fingerprint density at radius 3 is 2.30 bits per heavy atom. The van der Waals surface area contributed by atoms with Gasteiger partial charge < -0.3 is 25.0 Å². The number of halogens is 1. The first-order valence-electron chi connectivity index (χ1n) is 10.1. The first-order valence-corrected chi connectivity index (χ1v) is 10.5. The van der Waals surface area contributed by atoms with Crippen molar-refractivity contribution in [1.29, 1.82) is 0 Å². The van der Waals surface area contributed by atoms with E-state index in [9.17, 15) is 10.2 Å². The maximum Gasteiger partial charge on any atom is 0.144 e. The van der Waals surface area contributed by atoms with Crippen molar-refractivity contribution >= 4 is 17.3 Å². The van der Waals surface area contributed by atoms with Gasteiger partial charge in [-0.1, -0.05) is 64.4 Å². The summed E-state index contributed by atoms with van der Waals surface area (Å²) < 4.78 is 11.5. The van der Waals surface area contributed by atoms with E-state index in [2.05, 4.69) is 26.1 Å². The summed E-state index contributed by atoms with van der Waals surface area (Å²) >= 11 is 6.40. The van der Waals surface area contributed by atoms with Crippen LogP contribution in [0.1, 0.15) is 51.8 Å². The minimum atomic E-state index is -0.962. The minimum absolute atomic E-state index is 0.00495. The molecule has 0 aliphatic carbocycles. The van der Waals surface area contributed by atoms with Gasteiger partial charge in [-0.3, -0.25) is 0 Å². The predicted molar refractivity (Wildman–Crippen MR) is 123 cm³/mol. The van der Waals surface area contributed by atoms with Crippen LogP contribution in [0.4, 0.5) is 5.69 Å². The van der Waals surface area contributed by atoms with Crippen LogP contribution in [-0.4, -0.2) is 37.1 Å². The van der Waals surface area contributed by atoms with E-state index in [1.54, 1.807) is 19.2 Å². The van der Waals surface area contributed by atoms with E-state index >= 15 is 0 Å². The molecule has 0 spiro atoms. The van der Waals surface area contributed by atoms with Crippen molar-refractivity contribution in [2.24, 2.45) is 10.8 Å². The van der Waals surface area contributed by atoms with Crippen molar-refractivity contribution in [2.45, 2.75) is 40.7 Å². The van der Waals surface area contributed by atoms with E-state index in [1.807, 2.05) is 38.1 Å². The largest absolute Gasteiger partial charge is 0.496 e. The first kappa shape index (κ1) is 24.3. The van der Waals surface area contributed by atoms with Gasteiger partial charge in [0.1, 0.15) is 17.6 Å². The lowest BCUT2D eigenvalue weighted by Crippen LogP contribution is -2.26. The Kier molecular flexibility index (Phi) is 8.03. The molecule has 166 valence electrons. The number of anilines is 1. The van der Waals surface area contributed by atoms with E-state index < -0.39 is 11.5 Å². The van der Waals surface area contributed by atoms with Gasteiger partial charge in [-0.15, -0.1) is 0 Å². The van der Waals surface area contributed by atoms with Crippen molar-refractivity contribution in [3.63, 3.8) is 0 Å². The number of hydrogen-bond donors (Lipinski definition) is 3. The van der Waals surface area contributed by atoms with Gasteiger partial charge in [0.25, 0.3) is 0 Å². The molecule has 0 aliphatic rings. The maximum atomic E-state index is 11.3. The molecule has 5 nitrogen and oxygen atoms in total. The topological polar surface area (TPSA) is 71.0 Å². The number of benzene rings is 2. The molecule has 0 fully saturated rings. The first-order chi connectivity index (χ1) is 14.0. The zero-order valence-electron chi connectivity index (χ0n) is 18.8. The molecule has 2 aromatic rings. The summed E-state index contributed by atoms with van der Waals surface area (Å²) in [6, 6.07) is 10.8. The number of para-hydroxylation sites is 1. The van der Waals surface area contributed by atoms with Gasteiger partial charge in [0.2, 0.25) is 0 Å². The van der Waals surface area contributed by atoms with Gasteiger partial charge in [-0.05, 0) is 17.5 Å². The summed E-state index contributed by atoms with van der Waals surface area (Å²) in [5.41, 5.74) is 1.52. The van der Waals surface area contributed by atoms with E-state index in [0.717, 1.165) is 0 Å². The fraction of sp³-hybridized carbons (Fsp3) is 0.500. The highest BCUT2D eigenvalue weighted by Crippen LogP contribution is 2.41. The molecule has 0 heterocycles. The van der Waals surface area contributed by atoms with Gasteiger partial charge in [-0.25, -0.2) is 0 Å². The van der Waals surface area contributed by atoms with Gasteiger partial charge >= 0.3 is 0 Å². The van der Waals surface area contributed by atoms with Crippen LogP contribution in [0.5, 0.6) is 11.5 Å². The van der Waals surface area contributed by atoms with Crippen LogP contribution in [0.3, 0.4) is 0 Å². The molecule has 30 heavy (non-hydrogen) atoms. The average molecular weight is 436 g/mol. The quantitative estimate of drug-likeness (QED) is 0.499. The molecule has 6 heteroatoms. The fourth-order valence-electron chi connectivity index (χ4n) is 2.85. The number of nitrogens with one attached hydrogen (secondary N) is 1. The van der Waals surface area contributed by atoms with Gasteiger partial charge in [-0.2, -0.15) is 0 Å². The molecule has 1 unspecified atom stereocenters. The molecule has 0 radical (unpaired) electrons. The second-order valence-electron chi connectivity index (χ2n) is 9.54. The van der Waals surface area contributed by atoms with Crippen LogP contribution < -0.4 is 14.8 Å². The molecule has 0 aromatic heterocycles. The molecule has 2 rings (SSSR count). The van der Waals surface area contributed by atoms with Crippen LogP contribution in [0.2, 0.25) is 5.02 Å². The van der Waals surface area contributed by atoms with Crippen molar-refractivity contribution in [3.8, 4) is 11.5 Å². The summed E-state index contributed by atoms with van der Waals surface area (Å²) in [4.78, 5) is 0. The third-order valence-corrected chi connectivity index (χ3v) is 4.89. The third kappa shape index (κ3) is 6.53. The normalized spacial score (nSPS) is 13.1. The Balaban J connectivity index is 2.53. The zero-order valence-corrected chi connectivity index (χ0v) is 19.5. The summed E-state index contributed by atoms with van der Waals surface area (Å²) in [6.45, 7) is 11.2. The standard InChI is InChI=1S/C24H34ClNO4/c1-23(2,3)13-26-21-18(22(28)17-9-7-8-10-19(17)29-6)11-16(25)12-20(21)30-15-24(4,5)14-27/h7-12,22,26-28H,13-15H2,1-6H3. The summed E-state index contributed by atoms with van der Waals surface area (Å²) in [5, 5.41) is 24.7. The predicted octanol–water partition coefficient (Wildman–Crippen LogP) is 5.29. The number of ether oxygens (including phenoxy) is 2. The Bertz CT molecular complexity index is 846. The van der Waals surface area contributed by atoms with Crippen LogP contribution >= 0.6 is 11.6 Å². The van der Waals surface area contributed by atoms with Crippen molar-refractivity contribution < 1.29 is 19.7 Å². The second-order valence-corrected chi connectivity index (χ2v) is 9.97. The molecular weight excluding hydrogens is 402 g/mol. The lowest BCUT2D eigenvalue weighted by molar-refractivity contribution is 0.0977. The summed E-state index contributed by atoms with van der Waals surface area (Å²) in [6.07, 6.45) is -0.962. The number of rotatable bonds is 9. The van der Waals surface area contributed by atoms with E-state index in [-0.39, 0.29) is 12.0 Å². The highest BCUT2D eigenvalue weighted by molar-refractivity contribution is 6.31. The Morgan fingerprint density at radius 1 is 1.03 bits per heavy atom. The van der Waals surface area contributed by atoms with Crippen molar-refractivity contribution in [1.82, 2.24) is 0 Å². The average Bonchev–Trinajstić information content (AvgIpc) is 2.69. The Hall–Kier alpha value is -1.95. The van der Waals surface area contributed by atoms with Crippen LogP contribution in [0.15, 0.2) is 36.4 Å². The van der Waals surface area contributed by atoms with E-state index in [4.69, 9.17) is 21.1 Å². The molecule has 0 saturated carbocycles. The number of hydrogen-bond acceptors (Lipinski definition) is 5. The number of aliphatic hydroxyl groups excluding tert-OH is 2. The van der Waals surface area contributed by atoms with Crippen LogP contribution in [-0.2, 0) is 0 Å². The minimum Gasteiger partial charge on any atom is -0.496 e. The summed E-state index contributed by atoms with van der Waals surface area (Å²) in [7, 11) is 1.58. The molecular formula is C24H34ClNO4. The molecule has 0 amide bonds. The Morgan fingerprint density at radius 2 is 1.70 bits per heavy atom. The third-order valence-electron chi connectivity index (χ3n) is 4.67. The van der Waals surface area contributed by atoms with Crippen molar-refractivity contribution in [2.75, 3.05) is 32.2 Å². The highest BCUT2D eigenvalue weighted by atomic mass is 35.5. The smallest absolute Gasteiger partial charge is 0.144 e. The van der Waals surface area contributed by atoms with Gasteiger partial charge in [0.15, 0.2) is 0 Å². The molecule has 2 aromatic carbocycles. The Labute approximate surface area is 185 Å². The molecule has 0 saturated heterocycles. The molecule has 1 atom stereocenters. The molecule has 0 bridgehead atoms. The van der Waals surface area contributed by atoms with E-state index in [1.165, 1.54) is 0 Å². The number of methoxy groups -OCH3 is 1.